The van der Waals surface area contributed by atoms with Crippen LogP contribution in [-0.2, 0) is 16.5 Å². The van der Waals surface area contributed by atoms with E-state index in [9.17, 15) is 23.1 Å². The Bertz CT molecular complexity index is 1140. The molecule has 0 aromatic heterocycles. The molecule has 3 aromatic carbocycles. The van der Waals surface area contributed by atoms with Crippen LogP contribution < -0.4 is 127 Å². The first-order chi connectivity index (χ1) is 15.1. The van der Waals surface area contributed by atoms with Gasteiger partial charge in [-0.3, -0.25) is 4.55 Å². The van der Waals surface area contributed by atoms with Gasteiger partial charge in [0.2, 0.25) is 0 Å². The largest absolute Gasteiger partial charge is 1.00 e. The van der Waals surface area contributed by atoms with Gasteiger partial charge in [-0.25, -0.2) is 0 Å². The van der Waals surface area contributed by atoms with Gasteiger partial charge in [-0.05, 0) is 54.8 Å². The molecule has 0 fully saturated rings. The Balaban J connectivity index is 0.00000289. The van der Waals surface area contributed by atoms with E-state index in [1.165, 1.54) is 0 Å². The molecule has 0 saturated heterocycles. The molecule has 0 aliphatic carbocycles. The molecule has 34 heavy (non-hydrogen) atoms. The second-order valence-electron chi connectivity index (χ2n) is 7.01. The van der Waals surface area contributed by atoms with Crippen LogP contribution in [0.4, 0.5) is 0 Å². The van der Waals surface area contributed by atoms with Crippen LogP contribution in [0, 0.1) is 0 Å². The molecule has 0 radical (unpaired) electrons. The summed E-state index contributed by atoms with van der Waals surface area (Å²) in [6.07, 6.45) is -0.149. The summed E-state index contributed by atoms with van der Waals surface area (Å²) < 4.78 is 43.2. The summed E-state index contributed by atoms with van der Waals surface area (Å²) >= 11 is 0. The number of hydrogen-bond donors (Lipinski definition) is 1. The molecular formula is C22H21K2O8PS. The fourth-order valence-corrected chi connectivity index (χ4v) is 5.35. The molecule has 12 heteroatoms. The molecule has 1 N–H and O–H groups in total. The first-order valence-corrected chi connectivity index (χ1v) is 12.8. The van der Waals surface area contributed by atoms with Crippen molar-refractivity contribution in [1.82, 2.24) is 0 Å². The number of rotatable bonds is 10. The minimum absolute atomic E-state index is 0. The Morgan fingerprint density at radius 1 is 0.794 bits per heavy atom. The predicted molar refractivity (Wildman–Crippen MR) is 115 cm³/mol. The summed E-state index contributed by atoms with van der Waals surface area (Å²) in [5.41, 5.74) is 0.740. The SMILES string of the molecule is O=S(=O)(O)C(CCCc1cccc(Oc2ccccc2Oc2ccccc2)c1)[P+]([O-])([O-])[O-].[K+].[K+]. The topological polar surface area (TPSA) is 142 Å². The summed E-state index contributed by atoms with van der Waals surface area (Å²) in [7, 11) is -10.5. The van der Waals surface area contributed by atoms with Gasteiger partial charge < -0.3 is 24.2 Å². The molecule has 0 bridgehead atoms. The average molecular weight is 555 g/mol. The van der Waals surface area contributed by atoms with Gasteiger partial charge in [0.1, 0.15) is 11.5 Å². The Labute approximate surface area is 284 Å². The summed E-state index contributed by atoms with van der Waals surface area (Å²) in [4.78, 5) is 31.1. The standard InChI is InChI=1S/C22H23O8PS.2K/c23-31(24,25)22(32(26,27)28)15-7-9-17-8-6-12-19(16-17)30-21-14-5-4-13-20(21)29-18-10-2-1-3-11-18;;/h1-6,8,10-14,16,22H,7,9,15H2,(H2,23,24,25)(H,26,27,28);;/q;2*+1/p-2. The van der Waals surface area contributed by atoms with E-state index in [-0.39, 0.29) is 116 Å². The van der Waals surface area contributed by atoms with Crippen LogP contribution in [0.1, 0.15) is 18.4 Å². The Kier molecular flexibility index (Phi) is 14.7. The zero-order valence-corrected chi connectivity index (χ0v) is 26.8. The van der Waals surface area contributed by atoms with Crippen LogP contribution in [0.15, 0.2) is 78.9 Å². The molecule has 0 heterocycles. The maximum atomic E-state index is 11.2. The van der Waals surface area contributed by atoms with Gasteiger partial charge in [-0.2, -0.15) is 8.42 Å². The van der Waals surface area contributed by atoms with Crippen molar-refractivity contribution in [3.63, 3.8) is 0 Å². The quantitative estimate of drug-likeness (QED) is 0.156. The zero-order chi connectivity index (χ0) is 23.2. The van der Waals surface area contributed by atoms with Crippen molar-refractivity contribution in [2.45, 2.75) is 24.3 Å². The monoisotopic (exact) mass is 554 g/mol. The number of benzene rings is 3. The van der Waals surface area contributed by atoms with Crippen LogP contribution in [-0.4, -0.2) is 18.0 Å². The third-order valence-electron chi connectivity index (χ3n) is 4.56. The average Bonchev–Trinajstić information content (AvgIpc) is 2.72. The van der Waals surface area contributed by atoms with E-state index in [1.54, 1.807) is 42.5 Å². The Hall–Kier alpha value is 0.753. The van der Waals surface area contributed by atoms with E-state index >= 15 is 0 Å². The summed E-state index contributed by atoms with van der Waals surface area (Å²) in [6.45, 7) is 0. The van der Waals surface area contributed by atoms with Gasteiger partial charge >= 0.3 is 113 Å². The molecule has 8 nitrogen and oxygen atoms in total. The van der Waals surface area contributed by atoms with E-state index in [2.05, 4.69) is 0 Å². The number of aryl methyl sites for hydroxylation is 1. The van der Waals surface area contributed by atoms with E-state index in [0.717, 1.165) is 5.56 Å². The third kappa shape index (κ3) is 10.6. The summed E-state index contributed by atoms with van der Waals surface area (Å²) in [6, 6.07) is 23.3. The normalized spacial score (nSPS) is 12.1. The van der Waals surface area contributed by atoms with Crippen molar-refractivity contribution in [2.75, 3.05) is 0 Å². The van der Waals surface area contributed by atoms with Gasteiger partial charge in [0, 0.05) is 6.42 Å². The molecule has 1 unspecified atom stereocenters. The second kappa shape index (κ2) is 15.2. The fraction of sp³-hybridized carbons (Fsp3) is 0.182. The van der Waals surface area contributed by atoms with Crippen LogP contribution >= 0.6 is 7.94 Å². The molecule has 3 rings (SSSR count). The van der Waals surface area contributed by atoms with Crippen molar-refractivity contribution in [1.29, 1.82) is 0 Å². The molecule has 0 aliphatic heterocycles. The van der Waals surface area contributed by atoms with Crippen molar-refractivity contribution >= 4 is 18.1 Å². The van der Waals surface area contributed by atoms with Crippen molar-refractivity contribution in [3.8, 4) is 23.0 Å². The fourth-order valence-electron chi connectivity index (χ4n) is 3.08. The number of para-hydroxylation sites is 3. The first kappa shape index (κ1) is 32.8. The molecule has 0 amide bonds. The van der Waals surface area contributed by atoms with E-state index < -0.39 is 29.5 Å². The molecule has 0 spiro atoms. The van der Waals surface area contributed by atoms with Crippen LogP contribution in [0.3, 0.4) is 0 Å². The van der Waals surface area contributed by atoms with Crippen LogP contribution in [0.2, 0.25) is 0 Å². The molecule has 0 aliphatic rings. The van der Waals surface area contributed by atoms with Crippen LogP contribution in [0.25, 0.3) is 0 Å². The minimum Gasteiger partial charge on any atom is -0.687 e. The van der Waals surface area contributed by atoms with Crippen LogP contribution in [0.5, 0.6) is 23.0 Å². The summed E-state index contributed by atoms with van der Waals surface area (Å²) in [5.74, 6) is 2.15. The molecule has 0 saturated carbocycles. The maximum absolute atomic E-state index is 11.2. The van der Waals surface area contributed by atoms with Crippen molar-refractivity contribution < 1.29 is 140 Å². The smallest absolute Gasteiger partial charge is 0.687 e. The van der Waals surface area contributed by atoms with E-state index in [4.69, 9.17) is 14.0 Å². The molecular weight excluding hydrogens is 533 g/mol. The minimum atomic E-state index is -5.49. The number of hydrogen-bond acceptors (Lipinski definition) is 7. The third-order valence-corrected chi connectivity index (χ3v) is 8.02. The van der Waals surface area contributed by atoms with Crippen molar-refractivity contribution in [3.05, 3.63) is 84.4 Å². The molecule has 1 atom stereocenters. The molecule has 3 aromatic rings. The van der Waals surface area contributed by atoms with Gasteiger partial charge in [-0.15, -0.1) is 7.94 Å². The maximum Gasteiger partial charge on any atom is 1.00 e. The first-order valence-electron chi connectivity index (χ1n) is 9.70. The van der Waals surface area contributed by atoms with Gasteiger partial charge in [0.15, 0.2) is 16.5 Å². The second-order valence-corrected chi connectivity index (χ2v) is 10.7. The Morgan fingerprint density at radius 3 is 1.88 bits per heavy atom. The predicted octanol–water partition coefficient (Wildman–Crippen LogP) is -3.34. The molecule has 170 valence electrons. The van der Waals surface area contributed by atoms with E-state index in [0.29, 0.717) is 23.0 Å². The number of ether oxygens (including phenoxy) is 2. The van der Waals surface area contributed by atoms with Gasteiger partial charge in [0.05, 0.1) is 0 Å². The van der Waals surface area contributed by atoms with E-state index in [1.807, 2.05) is 36.4 Å². The zero-order valence-electron chi connectivity index (χ0n) is 18.9. The van der Waals surface area contributed by atoms with Crippen molar-refractivity contribution in [2.24, 2.45) is 0 Å². The summed E-state index contributed by atoms with van der Waals surface area (Å²) in [5, 5.41) is 0. The van der Waals surface area contributed by atoms with Gasteiger partial charge in [0.25, 0.3) is 0 Å². The Morgan fingerprint density at radius 2 is 1.32 bits per heavy atom. The van der Waals surface area contributed by atoms with Gasteiger partial charge in [-0.1, -0.05) is 42.5 Å².